The van der Waals surface area contributed by atoms with Gasteiger partial charge in [-0.1, -0.05) is 0 Å². The third kappa shape index (κ3) is 3.54. The van der Waals surface area contributed by atoms with Crippen LogP contribution < -0.4 is 5.32 Å². The highest BCUT2D eigenvalue weighted by atomic mass is 32.2. The minimum absolute atomic E-state index is 0.171. The Morgan fingerprint density at radius 2 is 2.35 bits per heavy atom. The topological polar surface area (TPSA) is 52.0 Å². The van der Waals surface area contributed by atoms with E-state index in [0.29, 0.717) is 6.04 Å². The Hall–Kier alpha value is -0.590. The second-order valence-electron chi connectivity index (χ2n) is 5.87. The lowest BCUT2D eigenvalue weighted by Gasteiger charge is -2.43. The molecule has 0 aromatic carbocycles. The summed E-state index contributed by atoms with van der Waals surface area (Å²) < 4.78 is 7.89. The zero-order chi connectivity index (χ0) is 13.8. The van der Waals surface area contributed by atoms with Crippen molar-refractivity contribution in [3.8, 4) is 0 Å². The molecule has 2 fully saturated rings. The first-order valence-corrected chi connectivity index (χ1v) is 8.71. The molecule has 2 aliphatic heterocycles. The Bertz CT molecular complexity index is 425. The van der Waals surface area contributed by atoms with Crippen LogP contribution in [0.4, 0.5) is 0 Å². The number of aryl methyl sites for hydroxylation is 1. The summed E-state index contributed by atoms with van der Waals surface area (Å²) in [7, 11) is 1.91. The second-order valence-corrected chi connectivity index (χ2v) is 7.10. The van der Waals surface area contributed by atoms with Crippen LogP contribution in [0, 0.1) is 0 Å². The first-order valence-electron chi connectivity index (χ1n) is 7.55. The molecule has 0 radical (unpaired) electrons. The maximum absolute atomic E-state index is 6.12. The maximum Gasteiger partial charge on any atom is 0.151 e. The lowest BCUT2D eigenvalue weighted by atomic mass is 9.85. The lowest BCUT2D eigenvalue weighted by Crippen LogP contribution is -2.49. The van der Waals surface area contributed by atoms with Crippen molar-refractivity contribution in [1.82, 2.24) is 20.1 Å². The minimum atomic E-state index is 0.171. The number of nitrogens with zero attached hydrogens (tertiary/aromatic N) is 3. The molecular formula is C14H24N4OS. The summed E-state index contributed by atoms with van der Waals surface area (Å²) in [6.07, 6.45) is 7.41. The molecule has 1 N–H and O–H groups in total. The van der Waals surface area contributed by atoms with Crippen LogP contribution in [0.15, 0.2) is 6.33 Å². The Morgan fingerprint density at radius 1 is 1.50 bits per heavy atom. The van der Waals surface area contributed by atoms with E-state index in [9.17, 15) is 0 Å². The molecule has 1 aromatic rings. The quantitative estimate of drug-likeness (QED) is 0.910. The van der Waals surface area contributed by atoms with E-state index in [4.69, 9.17) is 4.74 Å². The van der Waals surface area contributed by atoms with Gasteiger partial charge in [0.1, 0.15) is 6.33 Å². The van der Waals surface area contributed by atoms with E-state index in [2.05, 4.69) is 27.2 Å². The fourth-order valence-corrected chi connectivity index (χ4v) is 4.42. The predicted molar refractivity (Wildman–Crippen MR) is 81.0 cm³/mol. The van der Waals surface area contributed by atoms with E-state index in [0.717, 1.165) is 31.8 Å². The Balaban J connectivity index is 1.45. The van der Waals surface area contributed by atoms with Crippen LogP contribution in [0.1, 0.15) is 31.5 Å². The zero-order valence-electron chi connectivity index (χ0n) is 12.2. The van der Waals surface area contributed by atoms with Gasteiger partial charge in [-0.15, -0.1) is 0 Å². The van der Waals surface area contributed by atoms with Gasteiger partial charge in [0.2, 0.25) is 0 Å². The van der Waals surface area contributed by atoms with Gasteiger partial charge in [0.15, 0.2) is 5.82 Å². The lowest BCUT2D eigenvalue weighted by molar-refractivity contribution is -0.0930. The molecule has 3 rings (SSSR count). The smallest absolute Gasteiger partial charge is 0.151 e. The van der Waals surface area contributed by atoms with Gasteiger partial charge in [-0.25, -0.2) is 4.98 Å². The molecule has 2 aliphatic rings. The van der Waals surface area contributed by atoms with E-state index < -0.39 is 0 Å². The van der Waals surface area contributed by atoms with Crippen molar-refractivity contribution in [1.29, 1.82) is 0 Å². The van der Waals surface area contributed by atoms with Crippen molar-refractivity contribution < 1.29 is 4.74 Å². The third-order valence-electron chi connectivity index (χ3n) is 4.33. The summed E-state index contributed by atoms with van der Waals surface area (Å²) in [4.78, 5) is 4.27. The van der Waals surface area contributed by atoms with Gasteiger partial charge < -0.3 is 10.1 Å². The van der Waals surface area contributed by atoms with Crippen molar-refractivity contribution in [3.05, 3.63) is 12.2 Å². The summed E-state index contributed by atoms with van der Waals surface area (Å²) >= 11 is 2.06. The summed E-state index contributed by atoms with van der Waals surface area (Å²) in [5.74, 6) is 3.44. The minimum Gasteiger partial charge on any atom is -0.375 e. The second kappa shape index (κ2) is 6.45. The average Bonchev–Trinajstić information content (AvgIpc) is 2.86. The fourth-order valence-electron chi connectivity index (χ4n) is 3.18. The van der Waals surface area contributed by atoms with Crippen LogP contribution in [0.3, 0.4) is 0 Å². The highest BCUT2D eigenvalue weighted by Gasteiger charge is 2.38. The molecule has 1 unspecified atom stereocenters. The van der Waals surface area contributed by atoms with Crippen molar-refractivity contribution >= 4 is 11.8 Å². The average molecular weight is 296 g/mol. The molecule has 5 nitrogen and oxygen atoms in total. The van der Waals surface area contributed by atoms with Crippen LogP contribution in [0.5, 0.6) is 0 Å². The molecule has 112 valence electrons. The van der Waals surface area contributed by atoms with Crippen LogP contribution in [0.25, 0.3) is 0 Å². The molecule has 20 heavy (non-hydrogen) atoms. The molecule has 0 bridgehead atoms. The molecule has 0 aliphatic carbocycles. The Morgan fingerprint density at radius 3 is 3.10 bits per heavy atom. The Kier molecular flexibility index (Phi) is 4.63. The van der Waals surface area contributed by atoms with Gasteiger partial charge in [0.05, 0.1) is 5.60 Å². The SMILES string of the molecule is Cn1cnc(CCNC2CCOC3(CCSCC3)C2)n1. The first kappa shape index (κ1) is 14.4. The largest absolute Gasteiger partial charge is 0.375 e. The number of hydrogen-bond acceptors (Lipinski definition) is 5. The van der Waals surface area contributed by atoms with Crippen LogP contribution >= 0.6 is 11.8 Å². The molecule has 2 saturated heterocycles. The van der Waals surface area contributed by atoms with E-state index in [-0.39, 0.29) is 5.60 Å². The number of thioether (sulfide) groups is 1. The van der Waals surface area contributed by atoms with E-state index in [1.807, 2.05) is 7.05 Å². The third-order valence-corrected chi connectivity index (χ3v) is 5.31. The van der Waals surface area contributed by atoms with Gasteiger partial charge in [0, 0.05) is 32.7 Å². The van der Waals surface area contributed by atoms with Crippen molar-refractivity contribution in [2.75, 3.05) is 24.7 Å². The van der Waals surface area contributed by atoms with Crippen LogP contribution in [-0.2, 0) is 18.2 Å². The van der Waals surface area contributed by atoms with Crippen molar-refractivity contribution in [2.45, 2.75) is 43.7 Å². The number of rotatable bonds is 4. The fraction of sp³-hybridized carbons (Fsp3) is 0.857. The predicted octanol–water partition coefficient (Wildman–Crippen LogP) is 1.39. The number of nitrogens with one attached hydrogen (secondary N) is 1. The normalized spacial score (nSPS) is 25.9. The Labute approximate surface area is 124 Å². The highest BCUT2D eigenvalue weighted by Crippen LogP contribution is 2.37. The van der Waals surface area contributed by atoms with Gasteiger partial charge in [-0.3, -0.25) is 4.68 Å². The molecule has 0 amide bonds. The van der Waals surface area contributed by atoms with E-state index in [1.165, 1.54) is 30.8 Å². The van der Waals surface area contributed by atoms with Crippen LogP contribution in [-0.4, -0.2) is 51.1 Å². The van der Waals surface area contributed by atoms with Gasteiger partial charge >= 0.3 is 0 Å². The standard InChI is InChI=1S/C14H24N4OS/c1-18-11-16-13(17-18)2-6-15-12-3-7-19-14(10-12)4-8-20-9-5-14/h11-12,15H,2-10H2,1H3. The maximum atomic E-state index is 6.12. The summed E-state index contributed by atoms with van der Waals surface area (Å²) in [5, 5.41) is 7.99. The summed E-state index contributed by atoms with van der Waals surface area (Å²) in [6.45, 7) is 1.86. The van der Waals surface area contributed by atoms with Crippen molar-refractivity contribution in [3.63, 3.8) is 0 Å². The number of ether oxygens (including phenoxy) is 1. The van der Waals surface area contributed by atoms with Crippen molar-refractivity contribution in [2.24, 2.45) is 7.05 Å². The van der Waals surface area contributed by atoms with Gasteiger partial charge in [0.25, 0.3) is 0 Å². The first-order chi connectivity index (χ1) is 9.76. The molecule has 1 spiro atoms. The molecule has 1 aromatic heterocycles. The molecule has 6 heteroatoms. The zero-order valence-corrected chi connectivity index (χ0v) is 13.0. The van der Waals surface area contributed by atoms with Gasteiger partial charge in [-0.2, -0.15) is 16.9 Å². The molecule has 1 atom stereocenters. The van der Waals surface area contributed by atoms with E-state index in [1.54, 1.807) is 11.0 Å². The molecule has 3 heterocycles. The molecule has 0 saturated carbocycles. The number of hydrogen-bond donors (Lipinski definition) is 1. The monoisotopic (exact) mass is 296 g/mol. The molecular weight excluding hydrogens is 272 g/mol. The van der Waals surface area contributed by atoms with E-state index >= 15 is 0 Å². The van der Waals surface area contributed by atoms with Crippen LogP contribution in [0.2, 0.25) is 0 Å². The number of aromatic nitrogens is 3. The summed E-state index contributed by atoms with van der Waals surface area (Å²) in [6, 6.07) is 0.593. The summed E-state index contributed by atoms with van der Waals surface area (Å²) in [5.41, 5.74) is 0.171. The highest BCUT2D eigenvalue weighted by molar-refractivity contribution is 7.99. The van der Waals surface area contributed by atoms with Gasteiger partial charge in [-0.05, 0) is 37.2 Å².